The lowest BCUT2D eigenvalue weighted by Gasteiger charge is -2.11. The lowest BCUT2D eigenvalue weighted by Crippen LogP contribution is -1.99. The second-order valence-corrected chi connectivity index (χ2v) is 8.70. The van der Waals surface area contributed by atoms with Crippen molar-refractivity contribution in [3.63, 3.8) is 0 Å². The molecule has 39 heavy (non-hydrogen) atoms. The van der Waals surface area contributed by atoms with Crippen LogP contribution in [0, 0.1) is 45.4 Å². The summed E-state index contributed by atoms with van der Waals surface area (Å²) in [5, 5.41) is 32.2. The fourth-order valence-electron chi connectivity index (χ4n) is 4.36. The third kappa shape index (κ3) is 4.82. The van der Waals surface area contributed by atoms with Crippen LogP contribution in [-0.4, -0.2) is 24.4 Å². The van der Waals surface area contributed by atoms with E-state index in [-0.39, 0.29) is 5.75 Å². The number of H-pyrrole nitrogens is 1. The highest BCUT2D eigenvalue weighted by molar-refractivity contribution is 5.90. The average molecular weight is 521 g/mol. The molecule has 3 aromatic carbocycles. The molecule has 0 spiro atoms. The number of aromatic amines is 1. The van der Waals surface area contributed by atoms with Crippen LogP contribution in [0.4, 0.5) is 11.4 Å². The molecular weight excluding hydrogens is 500 g/mol. The van der Waals surface area contributed by atoms with Crippen molar-refractivity contribution in [2.24, 2.45) is 0 Å². The molecular formula is C28H20N6O5. The van der Waals surface area contributed by atoms with E-state index in [2.05, 4.69) is 16.0 Å². The molecule has 0 radical (unpaired) electrons. The Labute approximate surface area is 221 Å². The summed E-state index contributed by atoms with van der Waals surface area (Å²) in [6.07, 6.45) is 1.79. The van der Waals surface area contributed by atoms with Gasteiger partial charge >= 0.3 is 5.69 Å². The van der Waals surface area contributed by atoms with Gasteiger partial charge in [-0.1, -0.05) is 12.1 Å². The van der Waals surface area contributed by atoms with Crippen LogP contribution in [0.25, 0.3) is 28.4 Å². The van der Waals surface area contributed by atoms with Crippen molar-refractivity contribution in [2.75, 3.05) is 0 Å². The van der Waals surface area contributed by atoms with Crippen LogP contribution in [0.5, 0.6) is 11.5 Å². The van der Waals surface area contributed by atoms with Crippen molar-refractivity contribution in [2.45, 2.75) is 13.8 Å². The van der Waals surface area contributed by atoms with E-state index in [9.17, 15) is 25.5 Å². The number of allylic oxidation sites excluding steroid dienone is 1. The van der Waals surface area contributed by atoms with Crippen molar-refractivity contribution in [3.05, 3.63) is 116 Å². The molecule has 0 bridgehead atoms. The van der Waals surface area contributed by atoms with Crippen LogP contribution in [0.3, 0.4) is 0 Å². The van der Waals surface area contributed by atoms with Gasteiger partial charge in [-0.25, -0.2) is 4.98 Å². The van der Waals surface area contributed by atoms with Crippen molar-refractivity contribution in [3.8, 4) is 23.3 Å². The molecule has 0 saturated heterocycles. The van der Waals surface area contributed by atoms with Crippen molar-refractivity contribution in [1.29, 1.82) is 5.26 Å². The molecule has 0 saturated carbocycles. The molecule has 192 valence electrons. The van der Waals surface area contributed by atoms with Crippen LogP contribution in [0.2, 0.25) is 0 Å². The van der Waals surface area contributed by atoms with Gasteiger partial charge in [0.15, 0.2) is 0 Å². The summed E-state index contributed by atoms with van der Waals surface area (Å²) < 4.78 is 7.69. The van der Waals surface area contributed by atoms with Crippen LogP contribution >= 0.6 is 0 Å². The lowest BCUT2D eigenvalue weighted by atomic mass is 10.1. The molecule has 5 aromatic rings. The molecule has 5 rings (SSSR count). The minimum Gasteiger partial charge on any atom is -0.450 e. The maximum absolute atomic E-state index is 11.4. The van der Waals surface area contributed by atoms with E-state index < -0.39 is 21.2 Å². The smallest absolute Gasteiger partial charge is 0.318 e. The van der Waals surface area contributed by atoms with Gasteiger partial charge in [-0.3, -0.25) is 20.2 Å². The van der Waals surface area contributed by atoms with Gasteiger partial charge in [0, 0.05) is 23.1 Å². The molecule has 11 heteroatoms. The van der Waals surface area contributed by atoms with Gasteiger partial charge in [0.1, 0.15) is 17.6 Å². The summed E-state index contributed by atoms with van der Waals surface area (Å²) in [5.41, 5.74) is 4.63. The minimum absolute atomic E-state index is 0.103. The molecule has 0 amide bonds. The van der Waals surface area contributed by atoms with Crippen molar-refractivity contribution >= 4 is 34.1 Å². The van der Waals surface area contributed by atoms with Crippen LogP contribution < -0.4 is 4.74 Å². The molecule has 0 aliphatic heterocycles. The summed E-state index contributed by atoms with van der Waals surface area (Å²) in [5.74, 6) is 0.717. The molecule has 0 aliphatic carbocycles. The Kier molecular flexibility index (Phi) is 6.35. The second-order valence-electron chi connectivity index (χ2n) is 8.70. The highest BCUT2D eigenvalue weighted by Crippen LogP contribution is 2.35. The predicted octanol–water partition coefficient (Wildman–Crippen LogP) is 6.64. The Hall–Kier alpha value is -5.76. The van der Waals surface area contributed by atoms with E-state index in [4.69, 9.17) is 4.74 Å². The number of aromatic nitrogens is 3. The number of nitro benzene ring substituents is 2. The van der Waals surface area contributed by atoms with Gasteiger partial charge in [0.05, 0.1) is 32.5 Å². The number of fused-ring (bicyclic) bond motifs is 1. The monoisotopic (exact) mass is 520 g/mol. The summed E-state index contributed by atoms with van der Waals surface area (Å²) in [6.45, 7) is 3.89. The standard InChI is InChI=1S/C28H20N6O5/c1-17-13-19(14-20(16-29)28-30-24-5-3-4-6-25(24)31-28)18(2)32(17)21-7-10-23(11-8-21)39-27-12-9-22(33(35)36)15-26(27)34(37)38/h3-15H,1-2H3,(H,30,31)/b20-14-. The SMILES string of the molecule is Cc1cc(/C=C(/C#N)c2nc3ccccc3[nH]2)c(C)n1-c1ccc(Oc2ccc([N+](=O)[O-])cc2[N+](=O)[O-])cc1. The number of hydrogen-bond acceptors (Lipinski definition) is 7. The summed E-state index contributed by atoms with van der Waals surface area (Å²) in [7, 11) is 0. The fourth-order valence-corrected chi connectivity index (χ4v) is 4.36. The van der Waals surface area contributed by atoms with Gasteiger partial charge < -0.3 is 14.3 Å². The highest BCUT2D eigenvalue weighted by atomic mass is 16.6. The van der Waals surface area contributed by atoms with E-state index in [1.54, 1.807) is 30.3 Å². The average Bonchev–Trinajstić information content (AvgIpc) is 3.47. The molecule has 0 aliphatic rings. The Morgan fingerprint density at radius 1 is 1.03 bits per heavy atom. The number of nitro groups is 2. The summed E-state index contributed by atoms with van der Waals surface area (Å²) >= 11 is 0. The van der Waals surface area contributed by atoms with Gasteiger partial charge in [-0.05, 0) is 74.0 Å². The first kappa shape index (κ1) is 24.9. The summed E-state index contributed by atoms with van der Waals surface area (Å²) in [6, 6.07) is 21.9. The molecule has 2 heterocycles. The number of nitrogens with one attached hydrogen (secondary N) is 1. The Balaban J connectivity index is 1.43. The van der Waals surface area contributed by atoms with Crippen LogP contribution in [0.15, 0.2) is 72.8 Å². The largest absolute Gasteiger partial charge is 0.450 e. The Bertz CT molecular complexity index is 1790. The molecule has 0 fully saturated rings. The number of rotatable bonds is 7. The third-order valence-corrected chi connectivity index (χ3v) is 6.21. The normalized spacial score (nSPS) is 11.4. The fraction of sp³-hybridized carbons (Fsp3) is 0.0714. The number of non-ortho nitro benzene ring substituents is 1. The van der Waals surface area contributed by atoms with Crippen LogP contribution in [-0.2, 0) is 0 Å². The molecule has 11 nitrogen and oxygen atoms in total. The number of aryl methyl sites for hydroxylation is 1. The van der Waals surface area contributed by atoms with E-state index in [1.165, 1.54) is 6.07 Å². The first-order valence-electron chi connectivity index (χ1n) is 11.7. The predicted molar refractivity (Wildman–Crippen MR) is 145 cm³/mol. The number of hydrogen-bond donors (Lipinski definition) is 1. The highest BCUT2D eigenvalue weighted by Gasteiger charge is 2.21. The zero-order valence-electron chi connectivity index (χ0n) is 20.8. The Morgan fingerprint density at radius 2 is 1.77 bits per heavy atom. The second kappa shape index (κ2) is 9.95. The van der Waals surface area contributed by atoms with E-state index in [0.29, 0.717) is 17.1 Å². The van der Waals surface area contributed by atoms with E-state index in [1.807, 2.05) is 48.7 Å². The quantitative estimate of drug-likeness (QED) is 0.143. The van der Waals surface area contributed by atoms with Crippen LogP contribution in [0.1, 0.15) is 22.8 Å². The van der Waals surface area contributed by atoms with E-state index >= 15 is 0 Å². The first-order chi connectivity index (χ1) is 18.7. The van der Waals surface area contributed by atoms with Gasteiger partial charge in [-0.15, -0.1) is 0 Å². The van der Waals surface area contributed by atoms with Gasteiger partial charge in [0.2, 0.25) is 5.75 Å². The Morgan fingerprint density at radius 3 is 2.44 bits per heavy atom. The first-order valence-corrected chi connectivity index (χ1v) is 11.7. The molecule has 0 atom stereocenters. The molecule has 1 N–H and O–H groups in total. The third-order valence-electron chi connectivity index (χ3n) is 6.21. The number of imidazole rings is 1. The topological polar surface area (TPSA) is 153 Å². The van der Waals surface area contributed by atoms with Gasteiger partial charge in [0.25, 0.3) is 5.69 Å². The summed E-state index contributed by atoms with van der Waals surface area (Å²) in [4.78, 5) is 28.7. The maximum Gasteiger partial charge on any atom is 0.318 e. The lowest BCUT2D eigenvalue weighted by molar-refractivity contribution is -0.394. The number of benzene rings is 3. The number of nitrogens with zero attached hydrogens (tertiary/aromatic N) is 5. The van der Waals surface area contributed by atoms with Crippen molar-refractivity contribution in [1.82, 2.24) is 14.5 Å². The zero-order chi connectivity index (χ0) is 27.7. The maximum atomic E-state index is 11.4. The number of nitriles is 1. The van der Waals surface area contributed by atoms with Gasteiger partial charge in [-0.2, -0.15) is 5.26 Å². The zero-order valence-corrected chi connectivity index (χ0v) is 20.8. The molecule has 0 unspecified atom stereocenters. The number of ether oxygens (including phenoxy) is 1. The van der Waals surface area contributed by atoms with Crippen molar-refractivity contribution < 1.29 is 14.6 Å². The minimum atomic E-state index is -0.723. The number of para-hydroxylation sites is 2. The van der Waals surface area contributed by atoms with E-state index in [0.717, 1.165) is 45.8 Å². The molecule has 2 aromatic heterocycles.